The van der Waals surface area contributed by atoms with Crippen LogP contribution < -0.4 is 0 Å². The largest absolute Gasteiger partial charge is 0.394 e. The van der Waals surface area contributed by atoms with Crippen molar-refractivity contribution in [3.05, 3.63) is 12.7 Å². The highest BCUT2D eigenvalue weighted by atomic mass is 32.2. The Morgan fingerprint density at radius 1 is 1.16 bits per heavy atom. The number of aliphatic hydroxyl groups is 3. The van der Waals surface area contributed by atoms with Gasteiger partial charge in [-0.1, -0.05) is 0 Å². The normalized spacial score (nSPS) is 31.0. The molecule has 4 rings (SSSR count). The summed E-state index contributed by atoms with van der Waals surface area (Å²) in [6, 6.07) is 0. The van der Waals surface area contributed by atoms with Crippen molar-refractivity contribution in [1.29, 1.82) is 0 Å². The molecule has 0 amide bonds. The molecule has 0 saturated carbocycles. The molecule has 2 aromatic rings. The minimum Gasteiger partial charge on any atom is -0.394 e. The van der Waals surface area contributed by atoms with Crippen LogP contribution in [-0.4, -0.2) is 78.2 Å². The van der Waals surface area contributed by atoms with E-state index in [4.69, 9.17) is 9.47 Å². The molecule has 0 bridgehead atoms. The van der Waals surface area contributed by atoms with E-state index in [1.165, 1.54) is 12.7 Å². The average Bonchev–Trinajstić information content (AvgIpc) is 3.18. The summed E-state index contributed by atoms with van der Waals surface area (Å²) in [6.45, 7) is 1.13. The van der Waals surface area contributed by atoms with Crippen molar-refractivity contribution in [2.24, 2.45) is 0 Å². The SMILES string of the molecule is OC[C@H]1O[C@@H](n2cnc3c(SC4CCOCC4)ncnc32)[C@H](O)[C@@H]1O. The maximum Gasteiger partial charge on any atom is 0.166 e. The summed E-state index contributed by atoms with van der Waals surface area (Å²) < 4.78 is 12.5. The summed E-state index contributed by atoms with van der Waals surface area (Å²) >= 11 is 1.66. The van der Waals surface area contributed by atoms with Gasteiger partial charge < -0.3 is 24.8 Å². The predicted molar refractivity (Wildman–Crippen MR) is 88.0 cm³/mol. The molecule has 0 aliphatic carbocycles. The molecule has 0 radical (unpaired) electrons. The van der Waals surface area contributed by atoms with E-state index in [0.29, 0.717) is 16.4 Å². The highest BCUT2D eigenvalue weighted by Gasteiger charge is 2.44. The molecule has 0 unspecified atom stereocenters. The molecule has 2 saturated heterocycles. The number of hydrogen-bond acceptors (Lipinski definition) is 9. The topological polar surface area (TPSA) is 123 Å². The van der Waals surface area contributed by atoms with Crippen molar-refractivity contribution in [3.8, 4) is 0 Å². The van der Waals surface area contributed by atoms with Crippen LogP contribution >= 0.6 is 11.8 Å². The van der Waals surface area contributed by atoms with E-state index in [0.717, 1.165) is 31.1 Å². The van der Waals surface area contributed by atoms with Crippen molar-refractivity contribution in [2.45, 2.75) is 47.7 Å². The molecular formula is C15H20N4O5S. The van der Waals surface area contributed by atoms with Gasteiger partial charge in [0.15, 0.2) is 11.9 Å². The van der Waals surface area contributed by atoms with Crippen molar-refractivity contribution in [1.82, 2.24) is 19.5 Å². The van der Waals surface area contributed by atoms with E-state index in [1.54, 1.807) is 16.3 Å². The van der Waals surface area contributed by atoms with Gasteiger partial charge in [0, 0.05) is 18.5 Å². The van der Waals surface area contributed by atoms with Gasteiger partial charge in [0.25, 0.3) is 0 Å². The third-order valence-corrected chi connectivity index (χ3v) is 5.89. The van der Waals surface area contributed by atoms with Crippen LogP contribution in [0.25, 0.3) is 11.2 Å². The summed E-state index contributed by atoms with van der Waals surface area (Å²) in [5.41, 5.74) is 1.16. The molecule has 2 aliphatic heterocycles. The van der Waals surface area contributed by atoms with Gasteiger partial charge in [-0.05, 0) is 12.8 Å². The summed E-state index contributed by atoms with van der Waals surface area (Å²) in [5.74, 6) is 0. The molecule has 0 spiro atoms. The first-order valence-electron chi connectivity index (χ1n) is 8.23. The Morgan fingerprint density at radius 3 is 2.68 bits per heavy atom. The first-order valence-corrected chi connectivity index (χ1v) is 9.11. The Kier molecular flexibility index (Phi) is 4.89. The highest BCUT2D eigenvalue weighted by molar-refractivity contribution is 8.00. The van der Waals surface area contributed by atoms with Gasteiger partial charge in [-0.15, -0.1) is 11.8 Å². The van der Waals surface area contributed by atoms with Gasteiger partial charge in [-0.3, -0.25) is 4.57 Å². The fourth-order valence-electron chi connectivity index (χ4n) is 3.16. The lowest BCUT2D eigenvalue weighted by molar-refractivity contribution is -0.0511. The number of aliphatic hydroxyl groups excluding tert-OH is 3. The number of fused-ring (bicyclic) bond motifs is 1. The number of thioether (sulfide) groups is 1. The molecule has 2 aliphatic rings. The van der Waals surface area contributed by atoms with Crippen LogP contribution in [0, 0.1) is 0 Å². The maximum atomic E-state index is 10.2. The van der Waals surface area contributed by atoms with E-state index < -0.39 is 24.5 Å². The molecular weight excluding hydrogens is 348 g/mol. The predicted octanol–water partition coefficient (Wildman–Crippen LogP) is -0.291. The lowest BCUT2D eigenvalue weighted by Gasteiger charge is -2.21. The zero-order chi connectivity index (χ0) is 17.4. The van der Waals surface area contributed by atoms with Crippen molar-refractivity contribution in [3.63, 3.8) is 0 Å². The second-order valence-corrected chi connectivity index (χ2v) is 7.45. The molecule has 4 heterocycles. The van der Waals surface area contributed by atoms with Crippen molar-refractivity contribution >= 4 is 22.9 Å². The monoisotopic (exact) mass is 368 g/mol. The van der Waals surface area contributed by atoms with E-state index >= 15 is 0 Å². The van der Waals surface area contributed by atoms with E-state index in [1.807, 2.05) is 0 Å². The number of rotatable bonds is 4. The second-order valence-electron chi connectivity index (χ2n) is 6.16. The van der Waals surface area contributed by atoms with Crippen LogP contribution in [-0.2, 0) is 9.47 Å². The zero-order valence-corrected chi connectivity index (χ0v) is 14.2. The molecule has 10 heteroatoms. The average molecular weight is 368 g/mol. The molecule has 25 heavy (non-hydrogen) atoms. The van der Waals surface area contributed by atoms with Crippen LogP contribution in [0.4, 0.5) is 0 Å². The summed E-state index contributed by atoms with van der Waals surface area (Å²) in [7, 11) is 0. The van der Waals surface area contributed by atoms with E-state index in [9.17, 15) is 15.3 Å². The Morgan fingerprint density at radius 2 is 1.96 bits per heavy atom. The summed E-state index contributed by atoms with van der Waals surface area (Å²) in [5, 5.41) is 30.6. The van der Waals surface area contributed by atoms with Gasteiger partial charge in [-0.2, -0.15) is 0 Å². The number of hydrogen-bond donors (Lipinski definition) is 3. The minimum atomic E-state index is -1.17. The Hall–Kier alpha value is -1.30. The first-order chi connectivity index (χ1) is 12.2. The van der Waals surface area contributed by atoms with Gasteiger partial charge in [0.05, 0.1) is 12.9 Å². The molecule has 9 nitrogen and oxygen atoms in total. The van der Waals surface area contributed by atoms with Gasteiger partial charge in [-0.25, -0.2) is 15.0 Å². The Labute approximate surface area is 148 Å². The van der Waals surface area contributed by atoms with E-state index in [2.05, 4.69) is 15.0 Å². The van der Waals surface area contributed by atoms with Crippen LogP contribution in [0.2, 0.25) is 0 Å². The molecule has 3 N–H and O–H groups in total. The van der Waals surface area contributed by atoms with Crippen molar-refractivity contribution in [2.75, 3.05) is 19.8 Å². The standard InChI is InChI=1S/C15H20N4O5S/c20-5-9-11(21)12(22)15(24-9)19-7-18-10-13(19)16-6-17-14(10)25-8-1-3-23-4-2-8/h6-9,11-12,15,20-22H,1-5H2/t9-,11-,12-,15-/m1/s1. The minimum absolute atomic E-state index is 0.374. The van der Waals surface area contributed by atoms with Crippen molar-refractivity contribution < 1.29 is 24.8 Å². The lowest BCUT2D eigenvalue weighted by Crippen LogP contribution is -2.33. The van der Waals surface area contributed by atoms with Crippen LogP contribution in [0.15, 0.2) is 17.7 Å². The van der Waals surface area contributed by atoms with Gasteiger partial charge in [0.2, 0.25) is 0 Å². The number of nitrogens with zero attached hydrogens (tertiary/aromatic N) is 4. The zero-order valence-electron chi connectivity index (χ0n) is 13.4. The van der Waals surface area contributed by atoms with Gasteiger partial charge in [0.1, 0.15) is 35.2 Å². The van der Waals surface area contributed by atoms with E-state index in [-0.39, 0.29) is 6.61 Å². The third-order valence-electron chi connectivity index (χ3n) is 4.56. The molecule has 0 aromatic carbocycles. The second kappa shape index (κ2) is 7.14. The number of aromatic nitrogens is 4. The summed E-state index contributed by atoms with van der Waals surface area (Å²) in [6.07, 6.45) is 0.888. The molecule has 4 atom stereocenters. The third kappa shape index (κ3) is 3.14. The Bertz CT molecular complexity index is 738. The number of imidazole rings is 1. The molecule has 2 aromatic heterocycles. The fraction of sp³-hybridized carbons (Fsp3) is 0.667. The maximum absolute atomic E-state index is 10.2. The first kappa shape index (κ1) is 17.1. The quantitative estimate of drug-likeness (QED) is 0.625. The molecule has 2 fully saturated rings. The van der Waals surface area contributed by atoms with Crippen LogP contribution in [0.5, 0.6) is 0 Å². The number of ether oxygens (including phenoxy) is 2. The van der Waals surface area contributed by atoms with Crippen LogP contribution in [0.3, 0.4) is 0 Å². The van der Waals surface area contributed by atoms with Crippen LogP contribution in [0.1, 0.15) is 19.1 Å². The Balaban J connectivity index is 1.62. The molecule has 136 valence electrons. The smallest absolute Gasteiger partial charge is 0.166 e. The highest BCUT2D eigenvalue weighted by Crippen LogP contribution is 2.35. The fourth-order valence-corrected chi connectivity index (χ4v) is 4.27. The lowest BCUT2D eigenvalue weighted by atomic mass is 10.1. The summed E-state index contributed by atoms with van der Waals surface area (Å²) in [4.78, 5) is 13.0. The van der Waals surface area contributed by atoms with Gasteiger partial charge >= 0.3 is 0 Å².